The molecule has 1 saturated heterocycles. The van der Waals surface area contributed by atoms with Gasteiger partial charge in [0.25, 0.3) is 0 Å². The highest BCUT2D eigenvalue weighted by atomic mass is 32.2. The van der Waals surface area contributed by atoms with Crippen molar-refractivity contribution in [2.75, 3.05) is 12.8 Å². The average Bonchev–Trinajstić information content (AvgIpc) is 2.74. The largest absolute Gasteiger partial charge is 0.377 e. The third kappa shape index (κ3) is 5.25. The van der Waals surface area contributed by atoms with Crippen LogP contribution in [0.5, 0.6) is 0 Å². The molecule has 3 unspecified atom stereocenters. The molecule has 1 aliphatic rings. The van der Waals surface area contributed by atoms with Gasteiger partial charge in [0.2, 0.25) is 5.91 Å². The summed E-state index contributed by atoms with van der Waals surface area (Å²) < 4.78 is 0. The third-order valence-electron chi connectivity index (χ3n) is 3.05. The van der Waals surface area contributed by atoms with E-state index in [-0.39, 0.29) is 11.9 Å². The fraction of sp³-hybridized carbons (Fsp3) is 0.909. The van der Waals surface area contributed by atoms with Crippen LogP contribution in [0.15, 0.2) is 0 Å². The van der Waals surface area contributed by atoms with Gasteiger partial charge in [0, 0.05) is 19.2 Å². The molecule has 1 heterocycles. The van der Waals surface area contributed by atoms with Crippen molar-refractivity contribution >= 4 is 17.7 Å². The van der Waals surface area contributed by atoms with E-state index in [1.165, 1.54) is 0 Å². The lowest BCUT2D eigenvalue weighted by Gasteiger charge is -2.18. The van der Waals surface area contributed by atoms with E-state index in [0.29, 0.717) is 17.7 Å². The molecule has 0 bridgehead atoms. The Hall–Kier alpha value is -0.300. The third-order valence-corrected chi connectivity index (χ3v) is 4.33. The van der Waals surface area contributed by atoms with Gasteiger partial charge in [0.15, 0.2) is 0 Å². The summed E-state index contributed by atoms with van der Waals surface area (Å²) in [5.74, 6) is 1.44. The van der Waals surface area contributed by atoms with Gasteiger partial charge in [-0.05, 0) is 18.8 Å². The molecule has 1 fully saturated rings. The minimum absolute atomic E-state index is 0.00357. The van der Waals surface area contributed by atoms with Gasteiger partial charge in [-0.15, -0.1) is 11.8 Å². The van der Waals surface area contributed by atoms with Crippen LogP contribution in [0.3, 0.4) is 0 Å². The topological polar surface area (TPSA) is 87.4 Å². The van der Waals surface area contributed by atoms with Gasteiger partial charge in [-0.2, -0.15) is 0 Å². The Balaban J connectivity index is 2.19. The average molecular weight is 261 g/mol. The predicted octanol–water partition coefficient (Wildman–Crippen LogP) is -0.153. The second-order valence-electron chi connectivity index (χ2n) is 4.64. The van der Waals surface area contributed by atoms with Gasteiger partial charge in [-0.3, -0.25) is 10.1 Å². The van der Waals surface area contributed by atoms with Crippen molar-refractivity contribution < 1.29 is 9.90 Å². The summed E-state index contributed by atoms with van der Waals surface area (Å²) >= 11 is 1.80. The quantitative estimate of drug-likeness (QED) is 0.499. The normalized spacial score (nSPS) is 27.8. The van der Waals surface area contributed by atoms with E-state index >= 15 is 0 Å². The Kier molecular flexibility index (Phi) is 6.26. The van der Waals surface area contributed by atoms with Crippen LogP contribution >= 0.6 is 11.8 Å². The number of nitrogens with two attached hydrogens (primary N) is 1. The Labute approximate surface area is 107 Å². The van der Waals surface area contributed by atoms with Gasteiger partial charge in [0.05, 0.1) is 11.4 Å². The number of rotatable bonds is 6. The van der Waals surface area contributed by atoms with Crippen molar-refractivity contribution in [2.24, 2.45) is 11.7 Å². The summed E-state index contributed by atoms with van der Waals surface area (Å²) in [6.07, 6.45) is 1.70. The second kappa shape index (κ2) is 7.20. The minimum atomic E-state index is -0.784. The molecule has 0 aromatic rings. The number of amides is 1. The molecule has 5 nitrogen and oxygen atoms in total. The smallest absolute Gasteiger partial charge is 0.219 e. The van der Waals surface area contributed by atoms with Crippen LogP contribution in [0.25, 0.3) is 0 Å². The molecule has 17 heavy (non-hydrogen) atoms. The summed E-state index contributed by atoms with van der Waals surface area (Å²) in [5, 5.41) is 15.5. The number of thioether (sulfide) groups is 1. The molecule has 100 valence electrons. The van der Waals surface area contributed by atoms with E-state index in [4.69, 9.17) is 5.73 Å². The molecule has 0 saturated carbocycles. The summed E-state index contributed by atoms with van der Waals surface area (Å²) in [6.45, 7) is 2.15. The van der Waals surface area contributed by atoms with Crippen LogP contribution in [0.2, 0.25) is 0 Å². The zero-order valence-corrected chi connectivity index (χ0v) is 11.3. The minimum Gasteiger partial charge on any atom is -0.377 e. The number of hydrogen-bond acceptors (Lipinski definition) is 5. The fourth-order valence-corrected chi connectivity index (χ4v) is 3.34. The standard InChI is InChI=1S/C11H23N3O2S/c1-7(3-4-9(15)13-2)5-10-14-8(6-17-10)11(12)16/h7-8,10-11,14,16H,3-6,12H2,1-2H3,(H,13,15)/t7-,8?,10?,11?/m0/s1. The molecule has 0 aromatic carbocycles. The molecule has 1 rings (SSSR count). The van der Waals surface area contributed by atoms with Crippen molar-refractivity contribution in [3.8, 4) is 0 Å². The molecule has 6 heteroatoms. The first-order valence-corrected chi connectivity index (χ1v) is 7.09. The number of aliphatic hydroxyl groups is 1. The highest BCUT2D eigenvalue weighted by Gasteiger charge is 2.28. The van der Waals surface area contributed by atoms with E-state index < -0.39 is 6.23 Å². The first-order chi connectivity index (χ1) is 8.02. The maximum atomic E-state index is 11.1. The number of carbonyl (C=O) groups is 1. The lowest BCUT2D eigenvalue weighted by atomic mass is 10.0. The molecular formula is C11H23N3O2S. The van der Waals surface area contributed by atoms with Crippen molar-refractivity contribution in [3.63, 3.8) is 0 Å². The van der Waals surface area contributed by atoms with Crippen LogP contribution in [0.4, 0.5) is 0 Å². The van der Waals surface area contributed by atoms with Crippen LogP contribution in [0.1, 0.15) is 26.2 Å². The number of hydrogen-bond donors (Lipinski definition) is 4. The zero-order valence-electron chi connectivity index (χ0n) is 10.5. The fourth-order valence-electron chi connectivity index (χ4n) is 1.87. The van der Waals surface area contributed by atoms with Crippen molar-refractivity contribution in [2.45, 2.75) is 43.8 Å². The molecule has 0 aliphatic carbocycles. The Bertz CT molecular complexity index is 251. The molecule has 4 atom stereocenters. The highest BCUT2D eigenvalue weighted by Crippen LogP contribution is 2.26. The molecule has 1 amide bonds. The summed E-state index contributed by atoms with van der Waals surface area (Å²) in [4.78, 5) is 11.1. The zero-order chi connectivity index (χ0) is 12.8. The van der Waals surface area contributed by atoms with Gasteiger partial charge in [-0.25, -0.2) is 0 Å². The molecule has 0 radical (unpaired) electrons. The SMILES string of the molecule is CNC(=O)CC[C@H](C)CC1NC(C(N)O)CS1. The van der Waals surface area contributed by atoms with Gasteiger partial charge in [-0.1, -0.05) is 6.92 Å². The Morgan fingerprint density at radius 1 is 1.71 bits per heavy atom. The monoisotopic (exact) mass is 261 g/mol. The lowest BCUT2D eigenvalue weighted by Crippen LogP contribution is -2.44. The lowest BCUT2D eigenvalue weighted by molar-refractivity contribution is -0.120. The van der Waals surface area contributed by atoms with Gasteiger partial charge in [0.1, 0.15) is 6.23 Å². The second-order valence-corrected chi connectivity index (χ2v) is 5.87. The molecule has 0 spiro atoms. The van der Waals surface area contributed by atoms with E-state index in [2.05, 4.69) is 17.6 Å². The van der Waals surface area contributed by atoms with E-state index in [1.807, 2.05) is 0 Å². The number of nitrogens with one attached hydrogen (secondary N) is 2. The number of carbonyl (C=O) groups excluding carboxylic acids is 1. The van der Waals surface area contributed by atoms with Crippen molar-refractivity contribution in [1.29, 1.82) is 0 Å². The molecule has 1 aliphatic heterocycles. The Morgan fingerprint density at radius 2 is 2.41 bits per heavy atom. The molecular weight excluding hydrogens is 238 g/mol. The first kappa shape index (κ1) is 14.8. The molecule has 0 aromatic heterocycles. The van der Waals surface area contributed by atoms with Crippen LogP contribution in [-0.2, 0) is 4.79 Å². The molecule has 5 N–H and O–H groups in total. The summed E-state index contributed by atoms with van der Waals surface area (Å²) in [5.41, 5.74) is 5.43. The van der Waals surface area contributed by atoms with Crippen LogP contribution in [0, 0.1) is 5.92 Å². The highest BCUT2D eigenvalue weighted by molar-refractivity contribution is 8.00. The van der Waals surface area contributed by atoms with Gasteiger partial charge < -0.3 is 16.2 Å². The maximum absolute atomic E-state index is 11.1. The van der Waals surface area contributed by atoms with Crippen LogP contribution < -0.4 is 16.4 Å². The van der Waals surface area contributed by atoms with Crippen molar-refractivity contribution in [1.82, 2.24) is 10.6 Å². The first-order valence-electron chi connectivity index (χ1n) is 6.04. The summed E-state index contributed by atoms with van der Waals surface area (Å²) in [7, 11) is 1.66. The van der Waals surface area contributed by atoms with E-state index in [9.17, 15) is 9.90 Å². The van der Waals surface area contributed by atoms with Crippen molar-refractivity contribution in [3.05, 3.63) is 0 Å². The maximum Gasteiger partial charge on any atom is 0.219 e. The summed E-state index contributed by atoms with van der Waals surface area (Å²) in [6, 6.07) is -0.00357. The Morgan fingerprint density at radius 3 is 2.94 bits per heavy atom. The van der Waals surface area contributed by atoms with E-state index in [1.54, 1.807) is 18.8 Å². The predicted molar refractivity (Wildman–Crippen MR) is 70.4 cm³/mol. The van der Waals surface area contributed by atoms with Gasteiger partial charge >= 0.3 is 0 Å². The van der Waals surface area contributed by atoms with E-state index in [0.717, 1.165) is 18.6 Å². The number of aliphatic hydroxyl groups excluding tert-OH is 1. The van der Waals surface area contributed by atoms with Crippen LogP contribution in [-0.4, -0.2) is 41.5 Å².